The van der Waals surface area contributed by atoms with Crippen molar-refractivity contribution in [3.05, 3.63) is 76.0 Å². The molecule has 0 aliphatic carbocycles. The molecule has 0 aliphatic heterocycles. The van der Waals surface area contributed by atoms with Crippen LogP contribution in [0.25, 0.3) is 5.69 Å². The highest BCUT2D eigenvalue weighted by atomic mass is 32.2. The fraction of sp³-hybridized carbons (Fsp3) is 0. The molecule has 30 heavy (non-hydrogen) atoms. The fourth-order valence-electron chi connectivity index (χ4n) is 2.42. The molecule has 154 valence electrons. The third-order valence-electron chi connectivity index (χ3n) is 3.94. The standard InChI is InChI=1S/C17H15N7O5S/c18-16-15(10-21-23(16)12-5-7-14(8-6-12)30(19,28)29)17(25)22-20-9-11-1-3-13(4-2-11)24(26)27/h1-10H,18H2,(H,22,25)(H2,19,28,29)/b20-9+. The van der Waals surface area contributed by atoms with Crippen molar-refractivity contribution in [2.24, 2.45) is 10.2 Å². The third kappa shape index (κ3) is 4.48. The summed E-state index contributed by atoms with van der Waals surface area (Å²) in [5, 5.41) is 23.5. The van der Waals surface area contributed by atoms with E-state index in [2.05, 4.69) is 15.6 Å². The van der Waals surface area contributed by atoms with Gasteiger partial charge >= 0.3 is 0 Å². The number of aromatic nitrogens is 2. The van der Waals surface area contributed by atoms with Crippen molar-refractivity contribution in [2.45, 2.75) is 4.90 Å². The maximum Gasteiger partial charge on any atom is 0.276 e. The number of nitro benzene ring substituents is 1. The van der Waals surface area contributed by atoms with Crippen molar-refractivity contribution in [3.8, 4) is 5.69 Å². The highest BCUT2D eigenvalue weighted by Crippen LogP contribution is 2.18. The molecule has 3 aromatic rings. The molecule has 0 spiro atoms. The van der Waals surface area contributed by atoms with Crippen molar-refractivity contribution < 1.29 is 18.1 Å². The first-order valence-corrected chi connectivity index (χ1v) is 9.76. The Morgan fingerprint density at radius 2 is 1.80 bits per heavy atom. The van der Waals surface area contributed by atoms with Gasteiger partial charge in [-0.25, -0.2) is 23.7 Å². The minimum atomic E-state index is -3.83. The summed E-state index contributed by atoms with van der Waals surface area (Å²) in [6, 6.07) is 11.0. The van der Waals surface area contributed by atoms with E-state index < -0.39 is 20.9 Å². The van der Waals surface area contributed by atoms with Crippen LogP contribution in [0.4, 0.5) is 11.5 Å². The lowest BCUT2D eigenvalue weighted by Crippen LogP contribution is -2.19. The fourth-order valence-corrected chi connectivity index (χ4v) is 2.94. The molecule has 1 heterocycles. The maximum absolute atomic E-state index is 12.3. The van der Waals surface area contributed by atoms with Gasteiger partial charge in [0.15, 0.2) is 0 Å². The Hall–Kier alpha value is -4.10. The van der Waals surface area contributed by atoms with Gasteiger partial charge in [-0.15, -0.1) is 0 Å². The molecule has 0 saturated carbocycles. The minimum absolute atomic E-state index is 0.0152. The number of non-ortho nitro benzene ring substituents is 1. The molecule has 3 rings (SSSR count). The number of hydrazone groups is 1. The number of anilines is 1. The average molecular weight is 429 g/mol. The number of nitro groups is 1. The molecule has 0 bridgehead atoms. The van der Waals surface area contributed by atoms with Crippen LogP contribution in [-0.4, -0.2) is 35.2 Å². The molecule has 0 fully saturated rings. The second kappa shape index (κ2) is 8.10. The van der Waals surface area contributed by atoms with Gasteiger partial charge in [-0.3, -0.25) is 14.9 Å². The van der Waals surface area contributed by atoms with Gasteiger partial charge in [0.05, 0.1) is 27.9 Å². The predicted octanol–water partition coefficient (Wildman–Crippen LogP) is 0.774. The quantitative estimate of drug-likeness (QED) is 0.293. The van der Waals surface area contributed by atoms with Crippen LogP contribution >= 0.6 is 0 Å². The summed E-state index contributed by atoms with van der Waals surface area (Å²) in [6.45, 7) is 0. The zero-order valence-corrected chi connectivity index (χ0v) is 16.0. The van der Waals surface area contributed by atoms with Crippen molar-refractivity contribution in [3.63, 3.8) is 0 Å². The molecule has 13 heteroatoms. The molecule has 0 atom stereocenters. The number of carbonyl (C=O) groups excluding carboxylic acids is 1. The summed E-state index contributed by atoms with van der Waals surface area (Å²) in [4.78, 5) is 22.3. The van der Waals surface area contributed by atoms with E-state index in [0.29, 0.717) is 11.3 Å². The Balaban J connectivity index is 1.72. The normalized spacial score (nSPS) is 11.5. The highest BCUT2D eigenvalue weighted by molar-refractivity contribution is 7.89. The summed E-state index contributed by atoms with van der Waals surface area (Å²) in [6.07, 6.45) is 2.55. The second-order valence-electron chi connectivity index (χ2n) is 5.94. The van der Waals surface area contributed by atoms with Gasteiger partial charge in [-0.1, -0.05) is 0 Å². The number of rotatable bonds is 6. The first kappa shape index (κ1) is 20.6. The number of primary sulfonamides is 1. The molecule has 0 unspecified atom stereocenters. The zero-order valence-electron chi connectivity index (χ0n) is 15.2. The van der Waals surface area contributed by atoms with Crippen molar-refractivity contribution >= 4 is 33.7 Å². The van der Waals surface area contributed by atoms with Crippen LogP contribution in [0.1, 0.15) is 15.9 Å². The summed E-state index contributed by atoms with van der Waals surface area (Å²) >= 11 is 0. The minimum Gasteiger partial charge on any atom is -0.383 e. The zero-order chi connectivity index (χ0) is 21.9. The number of nitrogens with zero attached hydrogens (tertiary/aromatic N) is 4. The number of amides is 1. The predicted molar refractivity (Wildman–Crippen MR) is 108 cm³/mol. The first-order valence-electron chi connectivity index (χ1n) is 8.21. The van der Waals surface area contributed by atoms with Crippen LogP contribution in [-0.2, 0) is 10.0 Å². The lowest BCUT2D eigenvalue weighted by Gasteiger charge is -2.06. The van der Waals surface area contributed by atoms with Crippen LogP contribution in [0.3, 0.4) is 0 Å². The van der Waals surface area contributed by atoms with E-state index >= 15 is 0 Å². The molecular formula is C17H15N7O5S. The Bertz CT molecular complexity index is 1230. The maximum atomic E-state index is 12.3. The van der Waals surface area contributed by atoms with Crippen LogP contribution < -0.4 is 16.3 Å². The molecule has 12 nitrogen and oxygen atoms in total. The van der Waals surface area contributed by atoms with E-state index in [1.165, 1.54) is 65.6 Å². The van der Waals surface area contributed by atoms with Gasteiger partial charge in [-0.2, -0.15) is 10.2 Å². The largest absolute Gasteiger partial charge is 0.383 e. The SMILES string of the molecule is Nc1c(C(=O)N/N=C/c2ccc([N+](=O)[O-])cc2)cnn1-c1ccc(S(N)(=O)=O)cc1. The molecule has 0 aliphatic rings. The monoisotopic (exact) mass is 429 g/mol. The number of nitrogens with one attached hydrogen (secondary N) is 1. The first-order chi connectivity index (χ1) is 14.2. The summed E-state index contributed by atoms with van der Waals surface area (Å²) in [5.74, 6) is -0.612. The van der Waals surface area contributed by atoms with Crippen LogP contribution in [0.15, 0.2) is 64.7 Å². The second-order valence-corrected chi connectivity index (χ2v) is 7.50. The topological polar surface area (TPSA) is 189 Å². The van der Waals surface area contributed by atoms with Crippen molar-refractivity contribution in [1.29, 1.82) is 0 Å². The molecule has 0 saturated heterocycles. The van der Waals surface area contributed by atoms with Gasteiger partial charge in [0, 0.05) is 12.1 Å². The Labute approximate surface area is 170 Å². The highest BCUT2D eigenvalue weighted by Gasteiger charge is 2.16. The molecule has 1 aromatic heterocycles. The van der Waals surface area contributed by atoms with Crippen molar-refractivity contribution in [1.82, 2.24) is 15.2 Å². The molecular weight excluding hydrogens is 414 g/mol. The number of sulfonamides is 1. The number of nitrogens with two attached hydrogens (primary N) is 2. The number of hydrogen-bond donors (Lipinski definition) is 3. The third-order valence-corrected chi connectivity index (χ3v) is 4.87. The molecule has 1 amide bonds. The molecule has 0 radical (unpaired) electrons. The van der Waals surface area contributed by atoms with Gasteiger partial charge in [0.2, 0.25) is 10.0 Å². The Kier molecular flexibility index (Phi) is 5.57. The Morgan fingerprint density at radius 1 is 1.17 bits per heavy atom. The summed E-state index contributed by atoms with van der Waals surface area (Å²) < 4.78 is 23.9. The lowest BCUT2D eigenvalue weighted by molar-refractivity contribution is -0.384. The van der Waals surface area contributed by atoms with Gasteiger partial charge in [0.1, 0.15) is 11.4 Å². The summed E-state index contributed by atoms with van der Waals surface area (Å²) in [5.41, 5.74) is 9.21. The smallest absolute Gasteiger partial charge is 0.276 e. The van der Waals surface area contributed by atoms with Crippen LogP contribution in [0, 0.1) is 10.1 Å². The Morgan fingerprint density at radius 3 is 2.37 bits per heavy atom. The number of benzene rings is 2. The number of carbonyl (C=O) groups is 1. The van der Waals surface area contributed by atoms with E-state index in [0.717, 1.165) is 0 Å². The lowest BCUT2D eigenvalue weighted by atomic mass is 10.2. The van der Waals surface area contributed by atoms with E-state index in [4.69, 9.17) is 10.9 Å². The van der Waals surface area contributed by atoms with Crippen LogP contribution in [0.5, 0.6) is 0 Å². The van der Waals surface area contributed by atoms with Crippen LogP contribution in [0.2, 0.25) is 0 Å². The summed E-state index contributed by atoms with van der Waals surface area (Å²) in [7, 11) is -3.83. The number of nitrogen functional groups attached to an aromatic ring is 1. The van der Waals surface area contributed by atoms with E-state index in [-0.39, 0.29) is 22.0 Å². The van der Waals surface area contributed by atoms with Gasteiger partial charge < -0.3 is 5.73 Å². The van der Waals surface area contributed by atoms with Crippen molar-refractivity contribution in [2.75, 3.05) is 5.73 Å². The molecule has 2 aromatic carbocycles. The van der Waals surface area contributed by atoms with E-state index in [9.17, 15) is 23.3 Å². The average Bonchev–Trinajstić information content (AvgIpc) is 3.09. The van der Waals surface area contributed by atoms with E-state index in [1.807, 2.05) is 0 Å². The number of hydrogen-bond acceptors (Lipinski definition) is 8. The molecule has 5 N–H and O–H groups in total. The van der Waals surface area contributed by atoms with Gasteiger partial charge in [0.25, 0.3) is 11.6 Å². The van der Waals surface area contributed by atoms with E-state index in [1.54, 1.807) is 0 Å². The van der Waals surface area contributed by atoms with Gasteiger partial charge in [-0.05, 0) is 42.0 Å².